The van der Waals surface area contributed by atoms with Crippen molar-refractivity contribution in [1.82, 2.24) is 0 Å². The Morgan fingerprint density at radius 2 is 1.04 bits per heavy atom. The molecular weight excluding hydrogens is 641 g/mol. The molecule has 9 nitrogen and oxygen atoms in total. The molecule has 290 valence electrons. The minimum Gasteiger partial charge on any atom is -0.756 e. The van der Waals surface area contributed by atoms with Gasteiger partial charge in [-0.1, -0.05) is 142 Å². The van der Waals surface area contributed by atoms with Gasteiger partial charge < -0.3 is 28.3 Å². The minimum absolute atomic E-state index is 0.0165. The number of ether oxygens (including phenoxy) is 2. The number of quaternary nitrogens is 1. The van der Waals surface area contributed by atoms with Crippen LogP contribution in [0.5, 0.6) is 0 Å². The van der Waals surface area contributed by atoms with Crippen LogP contribution in [0.4, 0.5) is 0 Å². The van der Waals surface area contributed by atoms with Crippen LogP contribution in [0.1, 0.15) is 181 Å². The Morgan fingerprint density at radius 1 is 0.612 bits per heavy atom. The van der Waals surface area contributed by atoms with E-state index in [0.29, 0.717) is 13.0 Å². The average Bonchev–Trinajstić information content (AvgIpc) is 3.06. The molecule has 0 saturated carbocycles. The van der Waals surface area contributed by atoms with Crippen molar-refractivity contribution in [1.29, 1.82) is 0 Å². The molecule has 0 aromatic rings. The molecule has 2 atom stereocenters. The minimum atomic E-state index is -4.59. The van der Waals surface area contributed by atoms with Gasteiger partial charge in [0.25, 0.3) is 7.82 Å². The van der Waals surface area contributed by atoms with E-state index in [1.807, 2.05) is 14.1 Å². The van der Waals surface area contributed by atoms with Crippen LogP contribution in [-0.2, 0) is 32.7 Å². The third kappa shape index (κ3) is 36.3. The molecule has 0 rings (SSSR count). The summed E-state index contributed by atoms with van der Waals surface area (Å²) in [6.45, 7) is 4.24. The zero-order chi connectivity index (χ0) is 36.3. The summed E-state index contributed by atoms with van der Waals surface area (Å²) >= 11 is 0. The SMILES string of the molecule is CCCCCCCC/C=C\CCCCCCCC(=O)OC[C@H](COP(=O)([O-])OCC[NH+](C)C)OC(=O)CCCCCCCCCCCCC. The number of unbranched alkanes of at least 4 members (excludes halogenated alkanes) is 21. The van der Waals surface area contributed by atoms with Crippen LogP contribution >= 0.6 is 7.82 Å². The van der Waals surface area contributed by atoms with Gasteiger partial charge in [0, 0.05) is 12.8 Å². The summed E-state index contributed by atoms with van der Waals surface area (Å²) in [5, 5.41) is 0. The Bertz CT molecular complexity index is 838. The van der Waals surface area contributed by atoms with E-state index in [1.165, 1.54) is 96.3 Å². The molecule has 0 bridgehead atoms. The topological polar surface area (TPSA) is 116 Å². The molecule has 0 aliphatic heterocycles. The standard InChI is InChI=1S/C39H76NO8P/c1-5-7-9-11-13-15-17-18-19-20-22-23-25-27-29-31-38(41)45-35-37(36-47-49(43,44)46-34-33-40(3)4)48-39(42)32-30-28-26-24-21-16-14-12-10-8-6-2/h18-19,37H,5-17,20-36H2,1-4H3,(H,43,44)/b19-18-/t37-/m1/s1. The molecule has 49 heavy (non-hydrogen) atoms. The Morgan fingerprint density at radius 3 is 1.51 bits per heavy atom. The third-order valence-electron chi connectivity index (χ3n) is 8.63. The molecule has 0 spiro atoms. The molecule has 0 radical (unpaired) electrons. The van der Waals surface area contributed by atoms with Crippen molar-refractivity contribution in [2.24, 2.45) is 0 Å². The van der Waals surface area contributed by atoms with Crippen LogP contribution in [0.3, 0.4) is 0 Å². The number of hydrogen-bond acceptors (Lipinski definition) is 8. The molecule has 1 unspecified atom stereocenters. The quantitative estimate of drug-likeness (QED) is 0.0293. The number of carbonyl (C=O) groups excluding carboxylic acids is 2. The van der Waals surface area contributed by atoms with Gasteiger partial charge in [0.1, 0.15) is 19.8 Å². The van der Waals surface area contributed by atoms with Crippen molar-refractivity contribution in [2.75, 3.05) is 40.5 Å². The largest absolute Gasteiger partial charge is 0.756 e. The number of hydrogen-bond donors (Lipinski definition) is 1. The van der Waals surface area contributed by atoms with E-state index in [-0.39, 0.29) is 32.0 Å². The third-order valence-corrected chi connectivity index (χ3v) is 9.59. The highest BCUT2D eigenvalue weighted by atomic mass is 31.2. The summed E-state index contributed by atoms with van der Waals surface area (Å²) in [5.41, 5.74) is 0. The first-order chi connectivity index (χ1) is 23.7. The van der Waals surface area contributed by atoms with Crippen LogP contribution < -0.4 is 9.79 Å². The highest BCUT2D eigenvalue weighted by Crippen LogP contribution is 2.38. The van der Waals surface area contributed by atoms with Gasteiger partial charge in [-0.3, -0.25) is 14.2 Å². The number of allylic oxidation sites excluding steroid dienone is 2. The lowest BCUT2D eigenvalue weighted by atomic mass is 10.1. The maximum Gasteiger partial charge on any atom is 0.306 e. The smallest absolute Gasteiger partial charge is 0.306 e. The Kier molecular flexibility index (Phi) is 34.3. The summed E-state index contributed by atoms with van der Waals surface area (Å²) in [6, 6.07) is 0. The maximum absolute atomic E-state index is 12.6. The number of esters is 2. The van der Waals surface area contributed by atoms with Gasteiger partial charge >= 0.3 is 11.9 Å². The van der Waals surface area contributed by atoms with Crippen molar-refractivity contribution in [3.8, 4) is 0 Å². The van der Waals surface area contributed by atoms with Gasteiger partial charge in [0.15, 0.2) is 6.10 Å². The molecule has 1 N–H and O–H groups in total. The first kappa shape index (κ1) is 47.8. The highest BCUT2D eigenvalue weighted by molar-refractivity contribution is 7.45. The first-order valence-electron chi connectivity index (χ1n) is 20.1. The zero-order valence-corrected chi connectivity index (χ0v) is 33.1. The fraction of sp³-hybridized carbons (Fsp3) is 0.897. The molecule has 0 aliphatic carbocycles. The average molecular weight is 718 g/mol. The second-order valence-electron chi connectivity index (χ2n) is 13.9. The fourth-order valence-corrected chi connectivity index (χ4v) is 6.20. The van der Waals surface area contributed by atoms with Crippen molar-refractivity contribution in [2.45, 2.75) is 187 Å². The van der Waals surface area contributed by atoms with Crippen LogP contribution in [-0.4, -0.2) is 58.5 Å². The molecule has 0 saturated heterocycles. The van der Waals surface area contributed by atoms with Crippen LogP contribution in [0, 0.1) is 0 Å². The van der Waals surface area contributed by atoms with E-state index < -0.39 is 26.5 Å². The van der Waals surface area contributed by atoms with E-state index in [1.54, 1.807) is 0 Å². The van der Waals surface area contributed by atoms with E-state index >= 15 is 0 Å². The fourth-order valence-electron chi connectivity index (χ4n) is 5.47. The van der Waals surface area contributed by atoms with Gasteiger partial charge in [-0.15, -0.1) is 0 Å². The summed E-state index contributed by atoms with van der Waals surface area (Å²) < 4.78 is 33.0. The van der Waals surface area contributed by atoms with Gasteiger partial charge in [-0.25, -0.2) is 0 Å². The molecule has 0 aromatic carbocycles. The first-order valence-corrected chi connectivity index (χ1v) is 21.6. The molecule has 0 heterocycles. The Hall–Kier alpha value is -1.25. The monoisotopic (exact) mass is 718 g/mol. The molecule has 0 amide bonds. The summed E-state index contributed by atoms with van der Waals surface area (Å²) in [7, 11) is -0.817. The lowest BCUT2D eigenvalue weighted by Gasteiger charge is -2.25. The predicted octanol–water partition coefficient (Wildman–Crippen LogP) is 8.83. The molecule has 0 aromatic heterocycles. The predicted molar refractivity (Wildman–Crippen MR) is 199 cm³/mol. The number of phosphoric ester groups is 1. The second-order valence-corrected chi connectivity index (χ2v) is 15.4. The number of likely N-dealkylation sites (N-methyl/N-ethyl adjacent to an activating group) is 1. The van der Waals surface area contributed by atoms with Crippen LogP contribution in [0.15, 0.2) is 12.2 Å². The molecular formula is C39H76NO8P. The van der Waals surface area contributed by atoms with Crippen molar-refractivity contribution in [3.05, 3.63) is 12.2 Å². The van der Waals surface area contributed by atoms with Crippen LogP contribution in [0.2, 0.25) is 0 Å². The highest BCUT2D eigenvalue weighted by Gasteiger charge is 2.21. The van der Waals surface area contributed by atoms with E-state index in [0.717, 1.165) is 56.3 Å². The molecule has 10 heteroatoms. The zero-order valence-electron chi connectivity index (χ0n) is 32.2. The van der Waals surface area contributed by atoms with Crippen LogP contribution in [0.25, 0.3) is 0 Å². The summed E-state index contributed by atoms with van der Waals surface area (Å²) in [5.74, 6) is -0.838. The second kappa shape index (κ2) is 35.2. The normalized spacial score (nSPS) is 13.6. The number of phosphoric acid groups is 1. The number of nitrogens with one attached hydrogen (secondary N) is 1. The Labute approximate surface area is 301 Å². The number of carbonyl (C=O) groups is 2. The Balaban J connectivity index is 4.32. The van der Waals surface area contributed by atoms with Gasteiger partial charge in [0.05, 0.1) is 20.7 Å². The molecule has 0 aliphatic rings. The van der Waals surface area contributed by atoms with Crippen molar-refractivity contribution >= 4 is 19.8 Å². The van der Waals surface area contributed by atoms with Crippen molar-refractivity contribution in [3.63, 3.8) is 0 Å². The van der Waals surface area contributed by atoms with E-state index in [4.69, 9.17) is 18.5 Å². The lowest BCUT2D eigenvalue weighted by Crippen LogP contribution is -3.06. The van der Waals surface area contributed by atoms with E-state index in [2.05, 4.69) is 26.0 Å². The van der Waals surface area contributed by atoms with Gasteiger partial charge in [-0.05, 0) is 38.5 Å². The molecule has 0 fully saturated rings. The van der Waals surface area contributed by atoms with Gasteiger partial charge in [-0.2, -0.15) is 0 Å². The van der Waals surface area contributed by atoms with Crippen molar-refractivity contribution < 1.29 is 42.5 Å². The number of rotatable bonds is 37. The van der Waals surface area contributed by atoms with Gasteiger partial charge in [0.2, 0.25) is 0 Å². The van der Waals surface area contributed by atoms with E-state index in [9.17, 15) is 19.0 Å². The summed E-state index contributed by atoms with van der Waals surface area (Å²) in [4.78, 5) is 38.2. The lowest BCUT2D eigenvalue weighted by molar-refractivity contribution is -0.858. The summed E-state index contributed by atoms with van der Waals surface area (Å²) in [6.07, 6.45) is 32.4. The maximum atomic E-state index is 12.6.